The maximum Gasteiger partial charge on any atom is 0.320 e. The molecule has 0 heterocycles. The van der Waals surface area contributed by atoms with Gasteiger partial charge in [0.1, 0.15) is 6.04 Å². The highest BCUT2D eigenvalue weighted by molar-refractivity contribution is 5.73. The first-order chi connectivity index (χ1) is 5.70. The molecule has 1 unspecified atom stereocenters. The monoisotopic (exact) mass is 183 g/mol. The summed E-state index contributed by atoms with van der Waals surface area (Å²) in [6, 6.07) is 8.54. The molecule has 1 rings (SSSR count). The van der Waals surface area contributed by atoms with Crippen LogP contribution in [0.3, 0.4) is 0 Å². The zero-order valence-electron chi connectivity index (χ0n) is 7.10. The number of nitrogens with two attached hydrogens (primary N) is 1. The first-order valence-electron chi connectivity index (χ1n) is 3.72. The van der Waals surface area contributed by atoms with Crippen LogP contribution in [0, 0.1) is 0 Å². The molecule has 0 saturated heterocycles. The summed E-state index contributed by atoms with van der Waals surface area (Å²) < 4.78 is 0. The van der Waals surface area contributed by atoms with Gasteiger partial charge in [0.25, 0.3) is 0 Å². The minimum Gasteiger partial charge on any atom is -0.480 e. The topological polar surface area (TPSA) is 94.8 Å². The molecule has 0 aromatic heterocycles. The van der Waals surface area contributed by atoms with Crippen LogP contribution in [0.2, 0.25) is 0 Å². The normalized spacial score (nSPS) is 11.5. The lowest BCUT2D eigenvalue weighted by atomic mass is 10.1. The molecule has 0 spiro atoms. The first-order valence-corrected chi connectivity index (χ1v) is 3.72. The number of hydrogen-bond acceptors (Lipinski definition) is 2. The maximum absolute atomic E-state index is 10.4. The smallest absolute Gasteiger partial charge is 0.320 e. The van der Waals surface area contributed by atoms with Crippen molar-refractivity contribution in [1.29, 1.82) is 0 Å². The summed E-state index contributed by atoms with van der Waals surface area (Å²) >= 11 is 0. The van der Waals surface area contributed by atoms with Crippen molar-refractivity contribution >= 4 is 5.97 Å². The fourth-order valence-corrected chi connectivity index (χ4v) is 0.955. The van der Waals surface area contributed by atoms with Crippen LogP contribution in [0.4, 0.5) is 0 Å². The van der Waals surface area contributed by atoms with Crippen LogP contribution in [-0.4, -0.2) is 22.6 Å². The fourth-order valence-electron chi connectivity index (χ4n) is 0.955. The third-order valence-corrected chi connectivity index (χ3v) is 1.62. The second kappa shape index (κ2) is 5.29. The average Bonchev–Trinajstić information content (AvgIpc) is 2.06. The number of benzene rings is 1. The number of hydrogen-bond donors (Lipinski definition) is 2. The van der Waals surface area contributed by atoms with Crippen molar-refractivity contribution in [3.63, 3.8) is 0 Å². The minimum atomic E-state index is -0.959. The molecule has 0 amide bonds. The standard InChI is InChI=1S/C9H11NO2.H2O/c10-8(9(11)12)6-7-4-2-1-3-5-7;/h1-5,8H,6,10H2,(H,11,12);1H2. The second-order valence-electron chi connectivity index (χ2n) is 2.63. The number of carbonyl (C=O) groups is 1. The van der Waals surface area contributed by atoms with Gasteiger partial charge in [0.2, 0.25) is 0 Å². The molecule has 5 N–H and O–H groups in total. The van der Waals surface area contributed by atoms with Crippen molar-refractivity contribution in [3.05, 3.63) is 35.9 Å². The van der Waals surface area contributed by atoms with Crippen LogP contribution >= 0.6 is 0 Å². The summed E-state index contributed by atoms with van der Waals surface area (Å²) in [5.41, 5.74) is 6.30. The summed E-state index contributed by atoms with van der Waals surface area (Å²) in [4.78, 5) is 10.4. The Balaban J connectivity index is 0.00000144. The van der Waals surface area contributed by atoms with Gasteiger partial charge in [-0.2, -0.15) is 0 Å². The molecular formula is C9H13NO3. The van der Waals surface area contributed by atoms with Gasteiger partial charge < -0.3 is 16.3 Å². The molecule has 0 radical (unpaired) electrons. The first kappa shape index (κ1) is 11.6. The van der Waals surface area contributed by atoms with E-state index in [-0.39, 0.29) is 5.48 Å². The Labute approximate surface area is 76.3 Å². The Hall–Kier alpha value is -1.39. The van der Waals surface area contributed by atoms with Crippen LogP contribution < -0.4 is 5.73 Å². The maximum atomic E-state index is 10.4. The Morgan fingerprint density at radius 1 is 1.38 bits per heavy atom. The van der Waals surface area contributed by atoms with E-state index in [0.717, 1.165) is 5.56 Å². The molecule has 1 aromatic carbocycles. The van der Waals surface area contributed by atoms with E-state index in [1.807, 2.05) is 30.3 Å². The van der Waals surface area contributed by atoms with Crippen LogP contribution in [0.5, 0.6) is 0 Å². The van der Waals surface area contributed by atoms with Crippen molar-refractivity contribution in [2.24, 2.45) is 5.73 Å². The van der Waals surface area contributed by atoms with Crippen molar-refractivity contribution in [2.75, 3.05) is 0 Å². The Morgan fingerprint density at radius 3 is 2.38 bits per heavy atom. The molecule has 0 aliphatic rings. The van der Waals surface area contributed by atoms with Crippen LogP contribution in [0.1, 0.15) is 5.56 Å². The third kappa shape index (κ3) is 3.68. The Kier molecular flexibility index (Phi) is 4.72. The van der Waals surface area contributed by atoms with Gasteiger partial charge in [0.15, 0.2) is 0 Å². The molecule has 0 bridgehead atoms. The van der Waals surface area contributed by atoms with E-state index in [9.17, 15) is 4.79 Å². The zero-order chi connectivity index (χ0) is 8.97. The van der Waals surface area contributed by atoms with E-state index in [4.69, 9.17) is 10.8 Å². The summed E-state index contributed by atoms with van der Waals surface area (Å²) in [6.45, 7) is 0. The molecule has 0 saturated carbocycles. The zero-order valence-corrected chi connectivity index (χ0v) is 7.10. The predicted octanol–water partition coefficient (Wildman–Crippen LogP) is -0.184. The van der Waals surface area contributed by atoms with Crippen molar-refractivity contribution in [3.8, 4) is 0 Å². The Morgan fingerprint density at radius 2 is 1.92 bits per heavy atom. The molecule has 13 heavy (non-hydrogen) atoms. The van der Waals surface area contributed by atoms with E-state index in [1.165, 1.54) is 0 Å². The summed E-state index contributed by atoms with van der Waals surface area (Å²) in [7, 11) is 0. The van der Waals surface area contributed by atoms with Crippen LogP contribution in [-0.2, 0) is 11.2 Å². The van der Waals surface area contributed by atoms with E-state index in [2.05, 4.69) is 0 Å². The van der Waals surface area contributed by atoms with Crippen molar-refractivity contribution in [2.45, 2.75) is 12.5 Å². The largest absolute Gasteiger partial charge is 0.480 e. The van der Waals surface area contributed by atoms with Gasteiger partial charge >= 0.3 is 5.97 Å². The van der Waals surface area contributed by atoms with Gasteiger partial charge in [0, 0.05) is 0 Å². The van der Waals surface area contributed by atoms with E-state index in [0.29, 0.717) is 6.42 Å². The van der Waals surface area contributed by atoms with Gasteiger partial charge in [0.05, 0.1) is 0 Å². The number of carboxylic acids is 1. The highest BCUT2D eigenvalue weighted by Gasteiger charge is 2.10. The molecule has 1 atom stereocenters. The van der Waals surface area contributed by atoms with Crippen molar-refractivity contribution < 1.29 is 15.4 Å². The van der Waals surface area contributed by atoms with Crippen LogP contribution in [0.25, 0.3) is 0 Å². The Bertz CT molecular complexity index is 261. The van der Waals surface area contributed by atoms with Crippen molar-refractivity contribution in [1.82, 2.24) is 0 Å². The molecule has 72 valence electrons. The third-order valence-electron chi connectivity index (χ3n) is 1.62. The molecule has 1 aromatic rings. The van der Waals surface area contributed by atoms with Gasteiger partial charge in [-0.25, -0.2) is 0 Å². The van der Waals surface area contributed by atoms with Gasteiger partial charge in [-0.3, -0.25) is 4.79 Å². The van der Waals surface area contributed by atoms with Gasteiger partial charge in [-0.15, -0.1) is 0 Å². The molecule has 0 aliphatic carbocycles. The fraction of sp³-hybridized carbons (Fsp3) is 0.222. The molecule has 0 aliphatic heterocycles. The van der Waals surface area contributed by atoms with E-state index in [1.54, 1.807) is 0 Å². The predicted molar refractivity (Wildman–Crippen MR) is 49.4 cm³/mol. The number of carboxylic acid groups (broad SMARTS) is 1. The lowest BCUT2D eigenvalue weighted by Crippen LogP contribution is -2.32. The summed E-state index contributed by atoms with van der Waals surface area (Å²) in [5.74, 6) is -0.959. The average molecular weight is 183 g/mol. The van der Waals surface area contributed by atoms with E-state index < -0.39 is 12.0 Å². The summed E-state index contributed by atoms with van der Waals surface area (Å²) in [6.07, 6.45) is 0.385. The lowest BCUT2D eigenvalue weighted by molar-refractivity contribution is -0.138. The van der Waals surface area contributed by atoms with Gasteiger partial charge in [-0.1, -0.05) is 30.3 Å². The highest BCUT2D eigenvalue weighted by Crippen LogP contribution is 2.01. The minimum absolute atomic E-state index is 0. The number of aliphatic carboxylic acids is 1. The summed E-state index contributed by atoms with van der Waals surface area (Å²) in [5, 5.41) is 8.52. The van der Waals surface area contributed by atoms with E-state index >= 15 is 0 Å². The lowest BCUT2D eigenvalue weighted by Gasteiger charge is -2.04. The highest BCUT2D eigenvalue weighted by atomic mass is 16.4. The molecule has 4 heteroatoms. The quantitative estimate of drug-likeness (QED) is 0.680. The molecular weight excluding hydrogens is 170 g/mol. The molecule has 4 nitrogen and oxygen atoms in total. The molecule has 0 fully saturated rings. The van der Waals surface area contributed by atoms with Gasteiger partial charge in [-0.05, 0) is 12.0 Å². The van der Waals surface area contributed by atoms with Crippen LogP contribution in [0.15, 0.2) is 30.3 Å². The number of rotatable bonds is 3. The second-order valence-corrected chi connectivity index (χ2v) is 2.63. The SMILES string of the molecule is NC(Cc1ccccc1)C(=O)O.O.